The van der Waals surface area contributed by atoms with Gasteiger partial charge in [0.05, 0.1) is 13.0 Å². The Morgan fingerprint density at radius 3 is 2.67 bits per heavy atom. The highest BCUT2D eigenvalue weighted by Crippen LogP contribution is 2.25. The first-order chi connectivity index (χ1) is 8.72. The molecule has 1 aromatic carbocycles. The highest BCUT2D eigenvalue weighted by atomic mass is 16.3. The van der Waals surface area contributed by atoms with Crippen LogP contribution in [0.4, 0.5) is 0 Å². The Morgan fingerprint density at radius 1 is 1.39 bits per heavy atom. The van der Waals surface area contributed by atoms with Crippen LogP contribution in [0.5, 0.6) is 0 Å². The summed E-state index contributed by atoms with van der Waals surface area (Å²) >= 11 is 0. The third-order valence-electron chi connectivity index (χ3n) is 3.78. The molecule has 1 N–H and O–H groups in total. The average Bonchev–Trinajstić information content (AvgIpc) is 2.29. The van der Waals surface area contributed by atoms with Crippen molar-refractivity contribution in [3.63, 3.8) is 0 Å². The number of aryl methyl sites for hydroxylation is 1. The summed E-state index contributed by atoms with van der Waals surface area (Å²) in [5.74, 6) is 0.142. The number of carbonyl (C=O) groups is 1. The number of amides is 1. The second kappa shape index (κ2) is 6.01. The monoisotopic (exact) mass is 247 g/mol. The predicted octanol–water partition coefficient (Wildman–Crippen LogP) is 1.91. The van der Waals surface area contributed by atoms with Crippen LogP contribution in [-0.2, 0) is 11.2 Å². The van der Waals surface area contributed by atoms with Gasteiger partial charge in [-0.3, -0.25) is 4.79 Å². The molecule has 1 saturated carbocycles. The maximum absolute atomic E-state index is 12.3. The number of carbonyl (C=O) groups excluding carboxylic acids is 1. The molecule has 1 fully saturated rings. The molecule has 1 aromatic rings. The molecule has 3 heteroatoms. The highest BCUT2D eigenvalue weighted by molar-refractivity contribution is 5.79. The largest absolute Gasteiger partial charge is 0.395 e. The summed E-state index contributed by atoms with van der Waals surface area (Å²) in [6.45, 7) is 2.55. The molecule has 18 heavy (non-hydrogen) atoms. The number of rotatable bonds is 5. The molecule has 0 aliphatic heterocycles. The van der Waals surface area contributed by atoms with Crippen molar-refractivity contribution in [2.45, 2.75) is 38.6 Å². The first kappa shape index (κ1) is 13.1. The quantitative estimate of drug-likeness (QED) is 0.863. The summed E-state index contributed by atoms with van der Waals surface area (Å²) in [5.41, 5.74) is 2.24. The Kier molecular flexibility index (Phi) is 4.37. The summed E-state index contributed by atoms with van der Waals surface area (Å²) < 4.78 is 0. The average molecular weight is 247 g/mol. The van der Waals surface area contributed by atoms with Crippen LogP contribution >= 0.6 is 0 Å². The van der Waals surface area contributed by atoms with Gasteiger partial charge in [0.2, 0.25) is 5.91 Å². The van der Waals surface area contributed by atoms with Crippen LogP contribution in [0, 0.1) is 6.92 Å². The van der Waals surface area contributed by atoms with Crippen molar-refractivity contribution >= 4 is 5.91 Å². The van der Waals surface area contributed by atoms with Crippen molar-refractivity contribution < 1.29 is 9.90 Å². The minimum Gasteiger partial charge on any atom is -0.395 e. The van der Waals surface area contributed by atoms with E-state index in [9.17, 15) is 4.79 Å². The molecule has 1 amide bonds. The van der Waals surface area contributed by atoms with Crippen LogP contribution in [-0.4, -0.2) is 35.1 Å². The first-order valence-electron chi connectivity index (χ1n) is 6.67. The lowest BCUT2D eigenvalue weighted by Gasteiger charge is -2.37. The van der Waals surface area contributed by atoms with Crippen molar-refractivity contribution in [2.24, 2.45) is 0 Å². The fourth-order valence-electron chi connectivity index (χ4n) is 2.39. The van der Waals surface area contributed by atoms with Gasteiger partial charge in [-0.25, -0.2) is 0 Å². The Labute approximate surface area is 108 Å². The van der Waals surface area contributed by atoms with Gasteiger partial charge in [0.1, 0.15) is 0 Å². The Hall–Kier alpha value is -1.35. The van der Waals surface area contributed by atoms with E-state index in [1.54, 1.807) is 0 Å². The summed E-state index contributed by atoms with van der Waals surface area (Å²) in [6.07, 6.45) is 3.81. The molecule has 1 aliphatic rings. The van der Waals surface area contributed by atoms with E-state index in [4.69, 9.17) is 5.11 Å². The molecular weight excluding hydrogens is 226 g/mol. The second-order valence-corrected chi connectivity index (χ2v) is 5.00. The van der Waals surface area contributed by atoms with E-state index in [-0.39, 0.29) is 12.5 Å². The molecule has 2 rings (SSSR count). The molecule has 0 heterocycles. The van der Waals surface area contributed by atoms with Crippen LogP contribution in [0.1, 0.15) is 30.4 Å². The van der Waals surface area contributed by atoms with Crippen molar-refractivity contribution in [2.75, 3.05) is 13.2 Å². The van der Waals surface area contributed by atoms with Crippen molar-refractivity contribution in [3.8, 4) is 0 Å². The molecule has 0 spiro atoms. The maximum Gasteiger partial charge on any atom is 0.227 e. The first-order valence-corrected chi connectivity index (χ1v) is 6.67. The van der Waals surface area contributed by atoms with Crippen LogP contribution in [0.3, 0.4) is 0 Å². The number of nitrogens with zero attached hydrogens (tertiary/aromatic N) is 1. The van der Waals surface area contributed by atoms with Crippen molar-refractivity contribution in [3.05, 3.63) is 35.4 Å². The van der Waals surface area contributed by atoms with Gasteiger partial charge in [0.15, 0.2) is 0 Å². The molecule has 0 unspecified atom stereocenters. The molecular formula is C15H21NO2. The van der Waals surface area contributed by atoms with Gasteiger partial charge >= 0.3 is 0 Å². The Bertz CT molecular complexity index is 413. The van der Waals surface area contributed by atoms with E-state index in [2.05, 4.69) is 0 Å². The van der Waals surface area contributed by atoms with Gasteiger partial charge in [0.25, 0.3) is 0 Å². The summed E-state index contributed by atoms with van der Waals surface area (Å²) in [6, 6.07) is 8.34. The van der Waals surface area contributed by atoms with E-state index < -0.39 is 0 Å². The minimum absolute atomic E-state index is 0.0516. The van der Waals surface area contributed by atoms with E-state index in [1.807, 2.05) is 36.1 Å². The lowest BCUT2D eigenvalue weighted by Crippen LogP contribution is -2.46. The molecule has 1 aliphatic carbocycles. The van der Waals surface area contributed by atoms with Gasteiger partial charge in [-0.1, -0.05) is 24.3 Å². The normalized spacial score (nSPS) is 15.2. The smallest absolute Gasteiger partial charge is 0.227 e. The lowest BCUT2D eigenvalue weighted by molar-refractivity contribution is -0.135. The minimum atomic E-state index is 0.0516. The Balaban J connectivity index is 2.02. The topological polar surface area (TPSA) is 40.5 Å². The number of hydrogen-bond donors (Lipinski definition) is 1. The molecule has 0 aromatic heterocycles. The van der Waals surface area contributed by atoms with E-state index >= 15 is 0 Å². The Morgan fingerprint density at radius 2 is 2.11 bits per heavy atom. The zero-order chi connectivity index (χ0) is 13.0. The summed E-state index contributed by atoms with van der Waals surface area (Å²) in [5, 5.41) is 9.08. The molecule has 3 nitrogen and oxygen atoms in total. The number of benzene rings is 1. The molecule has 0 atom stereocenters. The molecule has 98 valence electrons. The van der Waals surface area contributed by atoms with Gasteiger partial charge in [-0.05, 0) is 37.3 Å². The molecule has 0 bridgehead atoms. The zero-order valence-corrected chi connectivity index (χ0v) is 10.9. The van der Waals surface area contributed by atoms with Crippen molar-refractivity contribution in [1.29, 1.82) is 0 Å². The van der Waals surface area contributed by atoms with Gasteiger partial charge in [-0.15, -0.1) is 0 Å². The second-order valence-electron chi connectivity index (χ2n) is 5.00. The van der Waals surface area contributed by atoms with E-state index in [0.29, 0.717) is 19.0 Å². The van der Waals surface area contributed by atoms with Crippen LogP contribution in [0.25, 0.3) is 0 Å². The van der Waals surface area contributed by atoms with E-state index in [1.165, 1.54) is 6.42 Å². The van der Waals surface area contributed by atoms with Gasteiger partial charge < -0.3 is 10.0 Å². The third kappa shape index (κ3) is 2.91. The highest BCUT2D eigenvalue weighted by Gasteiger charge is 2.28. The van der Waals surface area contributed by atoms with Crippen LogP contribution < -0.4 is 0 Å². The molecule has 0 radical (unpaired) electrons. The predicted molar refractivity (Wildman–Crippen MR) is 71.3 cm³/mol. The number of aliphatic hydroxyl groups is 1. The fraction of sp³-hybridized carbons (Fsp3) is 0.533. The zero-order valence-electron chi connectivity index (χ0n) is 10.9. The summed E-state index contributed by atoms with van der Waals surface area (Å²) in [7, 11) is 0. The van der Waals surface area contributed by atoms with E-state index in [0.717, 1.165) is 24.0 Å². The number of hydrogen-bond acceptors (Lipinski definition) is 2. The van der Waals surface area contributed by atoms with Gasteiger partial charge in [0, 0.05) is 12.6 Å². The number of aliphatic hydroxyl groups excluding tert-OH is 1. The summed E-state index contributed by atoms with van der Waals surface area (Å²) in [4.78, 5) is 14.2. The van der Waals surface area contributed by atoms with Crippen LogP contribution in [0.15, 0.2) is 24.3 Å². The third-order valence-corrected chi connectivity index (χ3v) is 3.78. The molecule has 0 saturated heterocycles. The maximum atomic E-state index is 12.3. The lowest BCUT2D eigenvalue weighted by atomic mass is 9.91. The standard InChI is InChI=1S/C15H21NO2/c1-12-5-2-3-6-13(12)11-15(18)16(9-10-17)14-7-4-8-14/h2-3,5-6,14,17H,4,7-11H2,1H3. The van der Waals surface area contributed by atoms with Crippen molar-refractivity contribution in [1.82, 2.24) is 4.90 Å². The van der Waals surface area contributed by atoms with Crippen LogP contribution in [0.2, 0.25) is 0 Å². The SMILES string of the molecule is Cc1ccccc1CC(=O)N(CCO)C1CCC1. The fourth-order valence-corrected chi connectivity index (χ4v) is 2.39. The van der Waals surface area contributed by atoms with Gasteiger partial charge in [-0.2, -0.15) is 0 Å².